The van der Waals surface area contributed by atoms with E-state index in [1.54, 1.807) is 12.1 Å². The van der Waals surface area contributed by atoms with Crippen molar-refractivity contribution < 1.29 is 4.79 Å². The summed E-state index contributed by atoms with van der Waals surface area (Å²) in [6.45, 7) is 3.36. The van der Waals surface area contributed by atoms with Crippen LogP contribution < -0.4 is 11.1 Å². The molecule has 26 heavy (non-hydrogen) atoms. The standard InChI is InChI=1S/C20H25N3O.2ClH/c21-19-8-4-3-7-18(19)20(24)22-17-11-9-16(10-12-17)15-23-13-5-1-2-6-14-23;;/h3-4,7-12H,1-2,5-6,13-15,21H2,(H,22,24);2*1H. The number of nitrogen functional groups attached to an aromatic ring is 1. The van der Waals surface area contributed by atoms with Crippen molar-refractivity contribution in [3.05, 3.63) is 59.7 Å². The Balaban J connectivity index is 0.00000169. The summed E-state index contributed by atoms with van der Waals surface area (Å²) in [6, 6.07) is 15.2. The molecular formula is C20H27Cl2N3O. The van der Waals surface area contributed by atoms with E-state index in [9.17, 15) is 4.79 Å². The van der Waals surface area contributed by atoms with E-state index in [2.05, 4.69) is 22.3 Å². The first-order chi connectivity index (χ1) is 11.7. The highest BCUT2D eigenvalue weighted by atomic mass is 35.5. The molecule has 2 aromatic rings. The molecule has 1 amide bonds. The molecule has 1 fully saturated rings. The van der Waals surface area contributed by atoms with Crippen LogP contribution in [0.4, 0.5) is 11.4 Å². The van der Waals surface area contributed by atoms with Crippen LogP contribution in [0.15, 0.2) is 48.5 Å². The highest BCUT2D eigenvalue weighted by Crippen LogP contribution is 2.17. The summed E-state index contributed by atoms with van der Waals surface area (Å²) in [4.78, 5) is 14.8. The summed E-state index contributed by atoms with van der Waals surface area (Å²) in [5, 5.41) is 2.91. The van der Waals surface area contributed by atoms with E-state index in [1.165, 1.54) is 44.3 Å². The van der Waals surface area contributed by atoms with Gasteiger partial charge in [-0.1, -0.05) is 37.1 Å². The lowest BCUT2D eigenvalue weighted by Crippen LogP contribution is -2.23. The Morgan fingerprint density at radius 1 is 0.923 bits per heavy atom. The number of likely N-dealkylation sites (tertiary alicyclic amines) is 1. The van der Waals surface area contributed by atoms with Gasteiger partial charge < -0.3 is 11.1 Å². The minimum absolute atomic E-state index is 0. The van der Waals surface area contributed by atoms with E-state index >= 15 is 0 Å². The number of nitrogens with one attached hydrogen (secondary N) is 1. The molecule has 0 atom stereocenters. The molecule has 4 nitrogen and oxygen atoms in total. The fraction of sp³-hybridized carbons (Fsp3) is 0.350. The van der Waals surface area contributed by atoms with Gasteiger partial charge in [-0.3, -0.25) is 9.69 Å². The average Bonchev–Trinajstić information content (AvgIpc) is 2.86. The molecule has 1 saturated heterocycles. The molecule has 3 N–H and O–H groups in total. The summed E-state index contributed by atoms with van der Waals surface area (Å²) in [6.07, 6.45) is 5.30. The van der Waals surface area contributed by atoms with Crippen molar-refractivity contribution in [1.82, 2.24) is 4.90 Å². The predicted molar refractivity (Wildman–Crippen MR) is 113 cm³/mol. The van der Waals surface area contributed by atoms with Crippen molar-refractivity contribution in [2.24, 2.45) is 0 Å². The summed E-state index contributed by atoms with van der Waals surface area (Å²) < 4.78 is 0. The molecule has 1 heterocycles. The Bertz CT molecular complexity index is 684. The van der Waals surface area contributed by atoms with Crippen LogP contribution in [0.1, 0.15) is 41.6 Å². The van der Waals surface area contributed by atoms with E-state index in [4.69, 9.17) is 5.73 Å². The first kappa shape index (κ1) is 22.3. The van der Waals surface area contributed by atoms with Gasteiger partial charge in [-0.15, -0.1) is 24.8 Å². The van der Waals surface area contributed by atoms with Crippen molar-refractivity contribution in [2.75, 3.05) is 24.1 Å². The summed E-state index contributed by atoms with van der Waals surface area (Å²) in [5.74, 6) is -0.173. The summed E-state index contributed by atoms with van der Waals surface area (Å²) in [5.41, 5.74) is 8.93. The highest BCUT2D eigenvalue weighted by molar-refractivity contribution is 6.07. The SMILES string of the molecule is Cl.Cl.Nc1ccccc1C(=O)Nc1ccc(CN2CCCCCC2)cc1. The molecule has 0 aliphatic carbocycles. The number of rotatable bonds is 4. The number of nitrogens with zero attached hydrogens (tertiary/aromatic N) is 1. The Kier molecular flexibility index (Phi) is 9.49. The maximum atomic E-state index is 12.3. The van der Waals surface area contributed by atoms with Crippen LogP contribution in [0.25, 0.3) is 0 Å². The van der Waals surface area contributed by atoms with Gasteiger partial charge in [-0.05, 0) is 55.8 Å². The van der Waals surface area contributed by atoms with Crippen molar-refractivity contribution in [1.29, 1.82) is 0 Å². The first-order valence-electron chi connectivity index (χ1n) is 8.69. The molecule has 0 saturated carbocycles. The zero-order valence-electron chi connectivity index (χ0n) is 14.8. The van der Waals surface area contributed by atoms with Crippen LogP contribution >= 0.6 is 24.8 Å². The van der Waals surface area contributed by atoms with Gasteiger partial charge in [0.15, 0.2) is 0 Å². The number of anilines is 2. The fourth-order valence-corrected chi connectivity index (χ4v) is 3.15. The smallest absolute Gasteiger partial charge is 0.257 e. The average molecular weight is 396 g/mol. The van der Waals surface area contributed by atoms with Crippen molar-refractivity contribution in [3.63, 3.8) is 0 Å². The Morgan fingerprint density at radius 3 is 2.15 bits per heavy atom. The Labute approximate surface area is 168 Å². The Morgan fingerprint density at radius 2 is 1.54 bits per heavy atom. The molecule has 1 aliphatic heterocycles. The van der Waals surface area contributed by atoms with Crippen molar-refractivity contribution in [3.8, 4) is 0 Å². The lowest BCUT2D eigenvalue weighted by molar-refractivity contribution is 0.102. The number of benzene rings is 2. The second-order valence-electron chi connectivity index (χ2n) is 6.43. The van der Waals surface area contributed by atoms with E-state index in [0.29, 0.717) is 11.3 Å². The van der Waals surface area contributed by atoms with Crippen LogP contribution in [0, 0.1) is 0 Å². The molecule has 0 bridgehead atoms. The monoisotopic (exact) mass is 395 g/mol. The molecule has 0 radical (unpaired) electrons. The normalized spacial score (nSPS) is 14.5. The molecule has 0 spiro atoms. The number of hydrogen-bond acceptors (Lipinski definition) is 3. The molecule has 2 aromatic carbocycles. The van der Waals surface area contributed by atoms with Crippen molar-refractivity contribution >= 4 is 42.1 Å². The molecule has 6 heteroatoms. The van der Waals surface area contributed by atoms with Crippen LogP contribution in [0.5, 0.6) is 0 Å². The largest absolute Gasteiger partial charge is 0.398 e. The van der Waals surface area contributed by atoms with Gasteiger partial charge in [-0.2, -0.15) is 0 Å². The third-order valence-corrected chi connectivity index (χ3v) is 4.52. The lowest BCUT2D eigenvalue weighted by atomic mass is 10.1. The van der Waals surface area contributed by atoms with Gasteiger partial charge in [0, 0.05) is 17.9 Å². The lowest BCUT2D eigenvalue weighted by Gasteiger charge is -2.19. The van der Waals surface area contributed by atoms with Crippen LogP contribution in [-0.2, 0) is 6.54 Å². The quantitative estimate of drug-likeness (QED) is 0.734. The van der Waals surface area contributed by atoms with Gasteiger partial charge in [-0.25, -0.2) is 0 Å². The van der Waals surface area contributed by atoms with Crippen LogP contribution in [-0.4, -0.2) is 23.9 Å². The number of hydrogen-bond donors (Lipinski definition) is 2. The predicted octanol–water partition coefficient (Wildman–Crippen LogP) is 4.74. The van der Waals surface area contributed by atoms with Crippen molar-refractivity contribution in [2.45, 2.75) is 32.2 Å². The number of carbonyl (C=O) groups excluding carboxylic acids is 1. The zero-order valence-corrected chi connectivity index (χ0v) is 16.5. The maximum Gasteiger partial charge on any atom is 0.257 e. The number of carbonyl (C=O) groups is 1. The van der Waals surface area contributed by atoms with Gasteiger partial charge in [0.25, 0.3) is 5.91 Å². The molecule has 3 rings (SSSR count). The zero-order chi connectivity index (χ0) is 16.8. The third kappa shape index (κ3) is 6.20. The summed E-state index contributed by atoms with van der Waals surface area (Å²) in [7, 11) is 0. The molecule has 0 aromatic heterocycles. The topological polar surface area (TPSA) is 58.4 Å². The van der Waals surface area contributed by atoms with Gasteiger partial charge in [0.2, 0.25) is 0 Å². The maximum absolute atomic E-state index is 12.3. The molecule has 0 unspecified atom stereocenters. The Hall–Kier alpha value is -1.75. The number of amides is 1. The third-order valence-electron chi connectivity index (χ3n) is 4.52. The van der Waals surface area contributed by atoms with E-state index in [0.717, 1.165) is 12.2 Å². The minimum atomic E-state index is -0.173. The molecule has 1 aliphatic rings. The highest BCUT2D eigenvalue weighted by Gasteiger charge is 2.11. The summed E-state index contributed by atoms with van der Waals surface area (Å²) >= 11 is 0. The van der Waals surface area contributed by atoms with E-state index in [-0.39, 0.29) is 30.7 Å². The van der Waals surface area contributed by atoms with Crippen LogP contribution in [0.2, 0.25) is 0 Å². The fourth-order valence-electron chi connectivity index (χ4n) is 3.15. The molecular weight excluding hydrogens is 369 g/mol. The van der Waals surface area contributed by atoms with E-state index < -0.39 is 0 Å². The number of para-hydroxylation sites is 1. The first-order valence-corrected chi connectivity index (χ1v) is 8.69. The van der Waals surface area contributed by atoms with E-state index in [1.807, 2.05) is 24.3 Å². The number of halogens is 2. The second-order valence-corrected chi connectivity index (χ2v) is 6.43. The van der Waals surface area contributed by atoms with Gasteiger partial charge in [0.05, 0.1) is 5.56 Å². The molecule has 142 valence electrons. The second kappa shape index (κ2) is 11.1. The van der Waals surface area contributed by atoms with Crippen LogP contribution in [0.3, 0.4) is 0 Å². The van der Waals surface area contributed by atoms with Gasteiger partial charge >= 0.3 is 0 Å². The minimum Gasteiger partial charge on any atom is -0.398 e. The number of nitrogens with two attached hydrogens (primary N) is 1. The van der Waals surface area contributed by atoms with Gasteiger partial charge in [0.1, 0.15) is 0 Å².